The van der Waals surface area contributed by atoms with Crippen molar-refractivity contribution in [3.63, 3.8) is 0 Å². The molecule has 0 saturated heterocycles. The second-order valence-electron chi connectivity index (χ2n) is 5.44. The standard InChI is InChI=1S/C19H11ClF3N3S/c20-15-6-4-12(5-7-15)17-11-27-18(26-17)13(9-24)10-25-16-3-1-2-14(8-16)19(21,22)23/h1-8,10-11,25H/b13-10-. The van der Waals surface area contributed by atoms with Gasteiger partial charge < -0.3 is 5.32 Å². The van der Waals surface area contributed by atoms with Crippen molar-refractivity contribution >= 4 is 34.2 Å². The van der Waals surface area contributed by atoms with Gasteiger partial charge in [0, 0.05) is 27.9 Å². The molecule has 27 heavy (non-hydrogen) atoms. The molecule has 0 aliphatic rings. The number of rotatable bonds is 4. The number of anilines is 1. The van der Waals surface area contributed by atoms with E-state index in [-0.39, 0.29) is 11.3 Å². The molecule has 0 fully saturated rings. The molecule has 1 N–H and O–H groups in total. The molecule has 136 valence electrons. The highest BCUT2D eigenvalue weighted by atomic mass is 35.5. The number of nitrogens with one attached hydrogen (secondary N) is 1. The maximum absolute atomic E-state index is 12.8. The highest BCUT2D eigenvalue weighted by molar-refractivity contribution is 7.11. The van der Waals surface area contributed by atoms with Gasteiger partial charge in [-0.05, 0) is 30.3 Å². The Bertz CT molecular complexity index is 1020. The quantitative estimate of drug-likeness (QED) is 0.507. The Morgan fingerprint density at radius 1 is 1.19 bits per heavy atom. The Morgan fingerprint density at radius 3 is 2.59 bits per heavy atom. The van der Waals surface area contributed by atoms with E-state index in [9.17, 15) is 18.4 Å². The van der Waals surface area contributed by atoms with E-state index in [2.05, 4.69) is 10.3 Å². The Labute approximate surface area is 162 Å². The predicted molar refractivity (Wildman–Crippen MR) is 101 cm³/mol. The van der Waals surface area contributed by atoms with Crippen LogP contribution in [-0.2, 0) is 6.18 Å². The molecule has 2 aromatic carbocycles. The second-order valence-corrected chi connectivity index (χ2v) is 6.73. The van der Waals surface area contributed by atoms with E-state index >= 15 is 0 Å². The van der Waals surface area contributed by atoms with Crippen LogP contribution in [0.4, 0.5) is 18.9 Å². The number of nitrogens with zero attached hydrogens (tertiary/aromatic N) is 2. The zero-order valence-electron chi connectivity index (χ0n) is 13.6. The van der Waals surface area contributed by atoms with Crippen molar-refractivity contribution in [1.29, 1.82) is 5.26 Å². The van der Waals surface area contributed by atoms with Crippen molar-refractivity contribution in [2.24, 2.45) is 0 Å². The van der Waals surface area contributed by atoms with Crippen molar-refractivity contribution in [3.8, 4) is 17.3 Å². The van der Waals surface area contributed by atoms with Gasteiger partial charge in [-0.1, -0.05) is 29.8 Å². The number of thiazole rings is 1. The molecule has 0 unspecified atom stereocenters. The summed E-state index contributed by atoms with van der Waals surface area (Å²) in [7, 11) is 0. The molecule has 0 saturated carbocycles. The highest BCUT2D eigenvalue weighted by Gasteiger charge is 2.30. The summed E-state index contributed by atoms with van der Waals surface area (Å²) in [6.45, 7) is 0. The van der Waals surface area contributed by atoms with Crippen LogP contribution in [0.2, 0.25) is 5.02 Å². The van der Waals surface area contributed by atoms with Gasteiger partial charge in [-0.3, -0.25) is 0 Å². The van der Waals surface area contributed by atoms with Crippen molar-refractivity contribution < 1.29 is 13.2 Å². The molecule has 0 atom stereocenters. The third-order valence-corrected chi connectivity index (χ3v) is 4.70. The molecule has 0 spiro atoms. The van der Waals surface area contributed by atoms with Crippen LogP contribution in [-0.4, -0.2) is 4.98 Å². The average Bonchev–Trinajstić information content (AvgIpc) is 3.12. The maximum Gasteiger partial charge on any atom is 0.416 e. The Morgan fingerprint density at radius 2 is 1.93 bits per heavy atom. The largest absolute Gasteiger partial charge is 0.416 e. The molecule has 1 aromatic heterocycles. The van der Waals surface area contributed by atoms with Crippen LogP contribution in [0.3, 0.4) is 0 Å². The number of nitriles is 1. The monoisotopic (exact) mass is 405 g/mol. The van der Waals surface area contributed by atoms with Gasteiger partial charge in [0.2, 0.25) is 0 Å². The third-order valence-electron chi connectivity index (χ3n) is 3.57. The smallest absolute Gasteiger partial charge is 0.360 e. The van der Waals surface area contributed by atoms with Crippen LogP contribution < -0.4 is 5.32 Å². The zero-order valence-corrected chi connectivity index (χ0v) is 15.2. The number of alkyl halides is 3. The lowest BCUT2D eigenvalue weighted by Gasteiger charge is -2.08. The maximum atomic E-state index is 12.8. The minimum atomic E-state index is -4.43. The van der Waals surface area contributed by atoms with Crippen molar-refractivity contribution in [2.45, 2.75) is 6.18 Å². The van der Waals surface area contributed by atoms with E-state index in [4.69, 9.17) is 11.6 Å². The number of halogens is 4. The first-order valence-corrected chi connectivity index (χ1v) is 8.88. The van der Waals surface area contributed by atoms with Gasteiger partial charge in [-0.2, -0.15) is 18.4 Å². The first-order valence-electron chi connectivity index (χ1n) is 7.63. The normalized spacial score (nSPS) is 11.9. The molecule has 3 nitrogen and oxygen atoms in total. The van der Waals surface area contributed by atoms with Crippen LogP contribution in [0.25, 0.3) is 16.8 Å². The van der Waals surface area contributed by atoms with E-state index in [1.165, 1.54) is 29.7 Å². The van der Waals surface area contributed by atoms with Crippen LogP contribution >= 0.6 is 22.9 Å². The summed E-state index contributed by atoms with van der Waals surface area (Å²) >= 11 is 7.14. The van der Waals surface area contributed by atoms with Gasteiger partial charge in [-0.25, -0.2) is 4.98 Å². The topological polar surface area (TPSA) is 48.7 Å². The fraction of sp³-hybridized carbons (Fsp3) is 0.0526. The lowest BCUT2D eigenvalue weighted by Crippen LogP contribution is -2.05. The Balaban J connectivity index is 1.82. The molecule has 3 rings (SSSR count). The van der Waals surface area contributed by atoms with Gasteiger partial charge in [0.25, 0.3) is 0 Å². The molecular weight excluding hydrogens is 395 g/mol. The van der Waals surface area contributed by atoms with Gasteiger partial charge >= 0.3 is 6.18 Å². The number of hydrogen-bond donors (Lipinski definition) is 1. The lowest BCUT2D eigenvalue weighted by molar-refractivity contribution is -0.137. The molecule has 0 bridgehead atoms. The van der Waals surface area contributed by atoms with Gasteiger partial charge in [0.05, 0.1) is 11.3 Å². The molecule has 3 aromatic rings. The summed E-state index contributed by atoms with van der Waals surface area (Å²) < 4.78 is 38.3. The van der Waals surface area contributed by atoms with Crippen LogP contribution in [0.5, 0.6) is 0 Å². The summed E-state index contributed by atoms with van der Waals surface area (Å²) in [5.41, 5.74) is 1.22. The Kier molecular flexibility index (Phi) is 5.49. The van der Waals surface area contributed by atoms with Crippen molar-refractivity contribution in [3.05, 3.63) is 75.7 Å². The summed E-state index contributed by atoms with van der Waals surface area (Å²) in [6.07, 6.45) is -3.08. The van der Waals surface area contributed by atoms with Crippen LogP contribution in [0.15, 0.2) is 60.1 Å². The van der Waals surface area contributed by atoms with Gasteiger partial charge in [-0.15, -0.1) is 11.3 Å². The van der Waals surface area contributed by atoms with Crippen molar-refractivity contribution in [2.75, 3.05) is 5.32 Å². The second kappa shape index (κ2) is 7.82. The summed E-state index contributed by atoms with van der Waals surface area (Å²) in [4.78, 5) is 4.42. The summed E-state index contributed by atoms with van der Waals surface area (Å²) in [5, 5.41) is 15.0. The minimum Gasteiger partial charge on any atom is -0.360 e. The fourth-order valence-electron chi connectivity index (χ4n) is 2.23. The molecular formula is C19H11ClF3N3S. The molecule has 0 amide bonds. The first-order chi connectivity index (χ1) is 12.9. The molecule has 8 heteroatoms. The zero-order chi connectivity index (χ0) is 19.4. The average molecular weight is 406 g/mol. The predicted octanol–water partition coefficient (Wildman–Crippen LogP) is 6.46. The number of allylic oxidation sites excluding steroid dienone is 1. The van der Waals surface area contributed by atoms with Crippen LogP contribution in [0.1, 0.15) is 10.6 Å². The highest BCUT2D eigenvalue weighted by Crippen LogP contribution is 2.31. The summed E-state index contributed by atoms with van der Waals surface area (Å²) in [5.74, 6) is 0. The van der Waals surface area contributed by atoms with E-state index in [0.29, 0.717) is 15.7 Å². The van der Waals surface area contributed by atoms with E-state index in [0.717, 1.165) is 17.7 Å². The van der Waals surface area contributed by atoms with E-state index in [1.54, 1.807) is 17.5 Å². The van der Waals surface area contributed by atoms with Crippen LogP contribution in [0, 0.1) is 11.3 Å². The molecule has 0 aliphatic carbocycles. The fourth-order valence-corrected chi connectivity index (χ4v) is 3.15. The number of aromatic nitrogens is 1. The van der Waals surface area contributed by atoms with E-state index in [1.807, 2.05) is 18.2 Å². The number of hydrogen-bond acceptors (Lipinski definition) is 4. The first kappa shape index (κ1) is 19.0. The lowest BCUT2D eigenvalue weighted by atomic mass is 10.2. The van der Waals surface area contributed by atoms with Crippen molar-refractivity contribution in [1.82, 2.24) is 4.98 Å². The van der Waals surface area contributed by atoms with Gasteiger partial charge in [0.1, 0.15) is 16.6 Å². The Hall–Kier alpha value is -2.82. The SMILES string of the molecule is N#C/C(=C/Nc1cccc(C(F)(F)F)c1)c1nc(-c2ccc(Cl)cc2)cs1. The molecule has 1 heterocycles. The molecule has 0 radical (unpaired) electrons. The number of benzene rings is 2. The molecule has 0 aliphatic heterocycles. The van der Waals surface area contributed by atoms with Gasteiger partial charge in [0.15, 0.2) is 0 Å². The summed E-state index contributed by atoms with van der Waals surface area (Å²) in [6, 6.07) is 13.9. The van der Waals surface area contributed by atoms with E-state index < -0.39 is 11.7 Å². The minimum absolute atomic E-state index is 0.220. The third kappa shape index (κ3) is 4.67.